The SMILES string of the molecule is CCOC(=O)CN(c1ccc(OC)cc1[N+](=O)[O-])C1CC1. The van der Waals surface area contributed by atoms with Crippen LogP contribution in [-0.2, 0) is 9.53 Å². The molecule has 7 nitrogen and oxygen atoms in total. The van der Waals surface area contributed by atoms with E-state index in [1.807, 2.05) is 0 Å². The largest absolute Gasteiger partial charge is 0.496 e. The zero-order valence-electron chi connectivity index (χ0n) is 12.1. The summed E-state index contributed by atoms with van der Waals surface area (Å²) in [5.41, 5.74) is 0.363. The van der Waals surface area contributed by atoms with Gasteiger partial charge in [-0.25, -0.2) is 0 Å². The molecule has 2 rings (SSSR count). The van der Waals surface area contributed by atoms with Crippen LogP contribution >= 0.6 is 0 Å². The Bertz CT molecular complexity index is 542. The highest BCUT2D eigenvalue weighted by Gasteiger charge is 2.34. The molecule has 0 heterocycles. The van der Waals surface area contributed by atoms with Crippen LogP contribution in [0.4, 0.5) is 11.4 Å². The first-order chi connectivity index (χ1) is 10.1. The summed E-state index contributed by atoms with van der Waals surface area (Å²) in [7, 11) is 1.45. The Hall–Kier alpha value is -2.31. The minimum atomic E-state index is -0.460. The molecule has 7 heteroatoms. The smallest absolute Gasteiger partial charge is 0.325 e. The normalized spacial score (nSPS) is 13.6. The van der Waals surface area contributed by atoms with E-state index in [0.29, 0.717) is 18.0 Å². The number of nitro groups is 1. The molecule has 0 atom stereocenters. The molecule has 0 N–H and O–H groups in total. The third-order valence-corrected chi connectivity index (χ3v) is 3.28. The van der Waals surface area contributed by atoms with Crippen molar-refractivity contribution in [3.63, 3.8) is 0 Å². The number of anilines is 1. The van der Waals surface area contributed by atoms with Gasteiger partial charge in [0.05, 0.1) is 24.7 Å². The highest BCUT2D eigenvalue weighted by atomic mass is 16.6. The Balaban J connectivity index is 2.31. The van der Waals surface area contributed by atoms with Crippen LogP contribution in [0.2, 0.25) is 0 Å². The maximum Gasteiger partial charge on any atom is 0.325 e. The van der Waals surface area contributed by atoms with Gasteiger partial charge in [-0.15, -0.1) is 0 Å². The van der Waals surface area contributed by atoms with Crippen molar-refractivity contribution < 1.29 is 19.2 Å². The topological polar surface area (TPSA) is 81.9 Å². The number of nitrogens with zero attached hydrogens (tertiary/aromatic N) is 2. The first kappa shape index (κ1) is 15.1. The van der Waals surface area contributed by atoms with Gasteiger partial charge in [0.25, 0.3) is 5.69 Å². The molecule has 1 aromatic rings. The van der Waals surface area contributed by atoms with Gasteiger partial charge >= 0.3 is 5.97 Å². The van der Waals surface area contributed by atoms with E-state index in [1.54, 1.807) is 24.0 Å². The summed E-state index contributed by atoms with van der Waals surface area (Å²) >= 11 is 0. The van der Waals surface area contributed by atoms with E-state index in [9.17, 15) is 14.9 Å². The molecule has 0 aromatic heterocycles. The number of rotatable bonds is 7. The van der Waals surface area contributed by atoms with E-state index in [2.05, 4.69) is 0 Å². The number of carbonyl (C=O) groups excluding carboxylic acids is 1. The molecule has 0 saturated heterocycles. The molecule has 1 fully saturated rings. The van der Waals surface area contributed by atoms with Crippen LogP contribution in [0.15, 0.2) is 18.2 Å². The number of ether oxygens (including phenoxy) is 2. The number of carbonyl (C=O) groups is 1. The number of hydrogen-bond acceptors (Lipinski definition) is 6. The molecule has 1 aromatic carbocycles. The fourth-order valence-electron chi connectivity index (χ4n) is 2.16. The lowest BCUT2D eigenvalue weighted by atomic mass is 10.2. The molecule has 1 aliphatic rings. The minimum absolute atomic E-state index is 0.0195. The fraction of sp³-hybridized carbons (Fsp3) is 0.500. The molecule has 0 unspecified atom stereocenters. The standard InChI is InChI=1S/C14H18N2O5/c1-3-21-14(17)9-15(10-4-5-10)12-7-6-11(20-2)8-13(12)16(18)19/h6-8,10H,3-5,9H2,1-2H3. The summed E-state index contributed by atoms with van der Waals surface area (Å²) in [6.45, 7) is 2.04. The van der Waals surface area contributed by atoms with Crippen LogP contribution in [0.25, 0.3) is 0 Å². The van der Waals surface area contributed by atoms with Crippen molar-refractivity contribution in [2.24, 2.45) is 0 Å². The van der Waals surface area contributed by atoms with Gasteiger partial charge in [0.2, 0.25) is 0 Å². The molecule has 0 aliphatic heterocycles. The van der Waals surface area contributed by atoms with Gasteiger partial charge in [-0.3, -0.25) is 14.9 Å². The van der Waals surface area contributed by atoms with Gasteiger partial charge in [-0.05, 0) is 31.9 Å². The van der Waals surface area contributed by atoms with E-state index in [4.69, 9.17) is 9.47 Å². The average molecular weight is 294 g/mol. The Labute approximate surface area is 122 Å². The molecule has 114 valence electrons. The number of methoxy groups -OCH3 is 1. The minimum Gasteiger partial charge on any atom is -0.496 e. The van der Waals surface area contributed by atoms with Crippen molar-refractivity contribution in [3.8, 4) is 5.75 Å². The highest BCUT2D eigenvalue weighted by Crippen LogP contribution is 2.38. The Kier molecular flexibility index (Phi) is 4.62. The summed E-state index contributed by atoms with van der Waals surface area (Å²) in [6.07, 6.45) is 1.84. The lowest BCUT2D eigenvalue weighted by Crippen LogP contribution is -2.33. The maximum atomic E-state index is 11.7. The zero-order valence-corrected chi connectivity index (χ0v) is 12.1. The van der Waals surface area contributed by atoms with Crippen LogP contribution < -0.4 is 9.64 Å². The monoisotopic (exact) mass is 294 g/mol. The molecule has 0 spiro atoms. The van der Waals surface area contributed by atoms with Crippen LogP contribution in [-0.4, -0.2) is 37.2 Å². The molecular weight excluding hydrogens is 276 g/mol. The molecular formula is C14H18N2O5. The third-order valence-electron chi connectivity index (χ3n) is 3.28. The van der Waals surface area contributed by atoms with E-state index in [0.717, 1.165) is 12.8 Å². The highest BCUT2D eigenvalue weighted by molar-refractivity contribution is 5.78. The Morgan fingerprint density at radius 3 is 2.71 bits per heavy atom. The van der Waals surface area contributed by atoms with E-state index >= 15 is 0 Å². The second kappa shape index (κ2) is 6.43. The summed E-state index contributed by atoms with van der Waals surface area (Å²) in [6, 6.07) is 4.80. The summed E-state index contributed by atoms with van der Waals surface area (Å²) < 4.78 is 9.96. The Morgan fingerprint density at radius 2 is 2.19 bits per heavy atom. The Morgan fingerprint density at radius 1 is 1.48 bits per heavy atom. The van der Waals surface area contributed by atoms with Crippen LogP contribution in [0.1, 0.15) is 19.8 Å². The van der Waals surface area contributed by atoms with Crippen LogP contribution in [0.3, 0.4) is 0 Å². The maximum absolute atomic E-state index is 11.7. The molecule has 1 aliphatic carbocycles. The van der Waals surface area contributed by atoms with Gasteiger partial charge in [-0.2, -0.15) is 0 Å². The van der Waals surface area contributed by atoms with Crippen molar-refractivity contribution in [2.75, 3.05) is 25.2 Å². The second-order valence-corrected chi connectivity index (χ2v) is 4.78. The predicted molar refractivity (Wildman–Crippen MR) is 76.6 cm³/mol. The zero-order chi connectivity index (χ0) is 15.4. The average Bonchev–Trinajstić information content (AvgIpc) is 3.29. The first-order valence-corrected chi connectivity index (χ1v) is 6.81. The molecule has 1 saturated carbocycles. The number of benzene rings is 1. The lowest BCUT2D eigenvalue weighted by Gasteiger charge is -2.23. The predicted octanol–water partition coefficient (Wildman–Crippen LogP) is 2.14. The molecule has 0 bridgehead atoms. The lowest BCUT2D eigenvalue weighted by molar-refractivity contribution is -0.384. The van der Waals surface area contributed by atoms with Crippen molar-refractivity contribution in [1.29, 1.82) is 0 Å². The van der Waals surface area contributed by atoms with Gasteiger partial charge in [0, 0.05) is 6.04 Å². The number of hydrogen-bond donors (Lipinski definition) is 0. The summed E-state index contributed by atoms with van der Waals surface area (Å²) in [5, 5.41) is 11.3. The number of nitro benzene ring substituents is 1. The fourth-order valence-corrected chi connectivity index (χ4v) is 2.16. The van der Waals surface area contributed by atoms with E-state index in [-0.39, 0.29) is 24.2 Å². The van der Waals surface area contributed by atoms with Gasteiger partial charge < -0.3 is 14.4 Å². The molecule has 0 amide bonds. The summed E-state index contributed by atoms with van der Waals surface area (Å²) in [5.74, 6) is 0.0341. The first-order valence-electron chi connectivity index (χ1n) is 6.81. The van der Waals surface area contributed by atoms with Crippen molar-refractivity contribution in [1.82, 2.24) is 0 Å². The number of esters is 1. The molecule has 21 heavy (non-hydrogen) atoms. The molecule has 0 radical (unpaired) electrons. The van der Waals surface area contributed by atoms with Gasteiger partial charge in [-0.1, -0.05) is 0 Å². The van der Waals surface area contributed by atoms with E-state index in [1.165, 1.54) is 13.2 Å². The van der Waals surface area contributed by atoms with Crippen molar-refractivity contribution >= 4 is 17.3 Å². The van der Waals surface area contributed by atoms with Crippen LogP contribution in [0.5, 0.6) is 5.75 Å². The van der Waals surface area contributed by atoms with Crippen molar-refractivity contribution in [2.45, 2.75) is 25.8 Å². The quantitative estimate of drug-likeness (QED) is 0.435. The van der Waals surface area contributed by atoms with Crippen LogP contribution in [0, 0.1) is 10.1 Å². The third kappa shape index (κ3) is 3.62. The van der Waals surface area contributed by atoms with E-state index < -0.39 is 4.92 Å². The van der Waals surface area contributed by atoms with Crippen molar-refractivity contribution in [3.05, 3.63) is 28.3 Å². The van der Waals surface area contributed by atoms with Gasteiger partial charge in [0.15, 0.2) is 0 Å². The summed E-state index contributed by atoms with van der Waals surface area (Å²) in [4.78, 5) is 24.2. The second-order valence-electron chi connectivity index (χ2n) is 4.78. The van der Waals surface area contributed by atoms with Gasteiger partial charge in [0.1, 0.15) is 18.0 Å².